The van der Waals surface area contributed by atoms with Crippen molar-refractivity contribution >= 4 is 16.9 Å². The van der Waals surface area contributed by atoms with Gasteiger partial charge in [-0.15, -0.1) is 0 Å². The third-order valence-electron chi connectivity index (χ3n) is 2.51. The van der Waals surface area contributed by atoms with Crippen LogP contribution in [-0.2, 0) is 0 Å². The van der Waals surface area contributed by atoms with E-state index in [1.807, 2.05) is 0 Å². The quantitative estimate of drug-likeness (QED) is 0.770. The molecule has 2 rings (SSSR count). The van der Waals surface area contributed by atoms with Crippen LogP contribution in [0.15, 0.2) is 12.1 Å². The maximum atomic E-state index is 13.7. The summed E-state index contributed by atoms with van der Waals surface area (Å²) >= 11 is 0. The van der Waals surface area contributed by atoms with Crippen molar-refractivity contribution in [3.8, 4) is 6.07 Å². The van der Waals surface area contributed by atoms with Crippen LogP contribution in [0.5, 0.6) is 0 Å². The van der Waals surface area contributed by atoms with Gasteiger partial charge in [0, 0.05) is 5.39 Å². The molecule has 0 aliphatic carbocycles. The van der Waals surface area contributed by atoms with E-state index in [2.05, 4.69) is 4.98 Å². The lowest BCUT2D eigenvalue weighted by molar-refractivity contribution is 0.0691. The lowest BCUT2D eigenvalue weighted by Crippen LogP contribution is -1.98. The number of carbonyl (C=O) groups is 1. The third-order valence-corrected chi connectivity index (χ3v) is 2.51. The largest absolute Gasteiger partial charge is 0.477 e. The summed E-state index contributed by atoms with van der Waals surface area (Å²) in [5.74, 6) is -1.86. The Bertz CT molecular complexity index is 637. The van der Waals surface area contributed by atoms with E-state index in [0.29, 0.717) is 10.9 Å². The van der Waals surface area contributed by atoms with Crippen LogP contribution in [0.1, 0.15) is 21.6 Å². The molecule has 1 aromatic carbocycles. The van der Waals surface area contributed by atoms with E-state index in [9.17, 15) is 9.18 Å². The number of hydrogen-bond acceptors (Lipinski definition) is 2. The molecule has 0 amide bonds. The molecule has 0 aliphatic rings. The molecular weight excluding hydrogens is 211 g/mol. The van der Waals surface area contributed by atoms with Crippen molar-refractivity contribution in [1.82, 2.24) is 4.98 Å². The van der Waals surface area contributed by atoms with E-state index in [-0.39, 0.29) is 16.8 Å². The highest BCUT2D eigenvalue weighted by atomic mass is 19.1. The van der Waals surface area contributed by atoms with Crippen molar-refractivity contribution in [2.24, 2.45) is 0 Å². The molecule has 0 radical (unpaired) electrons. The molecule has 0 saturated heterocycles. The topological polar surface area (TPSA) is 76.9 Å². The van der Waals surface area contributed by atoms with Crippen LogP contribution in [0.2, 0.25) is 0 Å². The second-order valence-electron chi connectivity index (χ2n) is 3.39. The number of carboxylic acids is 1. The Hall–Kier alpha value is -2.35. The smallest absolute Gasteiger partial charge is 0.352 e. The van der Waals surface area contributed by atoms with E-state index < -0.39 is 11.8 Å². The molecule has 0 unspecified atom stereocenters. The van der Waals surface area contributed by atoms with Gasteiger partial charge in [0.05, 0.1) is 11.1 Å². The van der Waals surface area contributed by atoms with Gasteiger partial charge in [0.1, 0.15) is 11.8 Å². The molecule has 0 saturated carbocycles. The standard InChI is InChI=1S/C11H7FN2O2/c1-5-7-3-2-6(4-13)8(12)10(7)14-9(5)11(15)16/h2-3,14H,1H3,(H,15,16). The minimum atomic E-state index is -1.15. The van der Waals surface area contributed by atoms with Gasteiger partial charge >= 0.3 is 5.97 Å². The molecule has 16 heavy (non-hydrogen) atoms. The summed E-state index contributed by atoms with van der Waals surface area (Å²) in [7, 11) is 0. The predicted octanol–water partition coefficient (Wildman–Crippen LogP) is 2.19. The van der Waals surface area contributed by atoms with Crippen molar-refractivity contribution in [2.45, 2.75) is 6.92 Å². The summed E-state index contributed by atoms with van der Waals surface area (Å²) < 4.78 is 13.7. The first-order valence-corrected chi connectivity index (χ1v) is 4.50. The second kappa shape index (κ2) is 3.35. The first-order valence-electron chi connectivity index (χ1n) is 4.50. The van der Waals surface area contributed by atoms with Crippen molar-refractivity contribution in [1.29, 1.82) is 5.26 Å². The second-order valence-corrected chi connectivity index (χ2v) is 3.39. The number of benzene rings is 1. The normalized spacial score (nSPS) is 10.3. The summed E-state index contributed by atoms with van der Waals surface area (Å²) in [4.78, 5) is 13.3. The average molecular weight is 218 g/mol. The van der Waals surface area contributed by atoms with Gasteiger partial charge in [0.2, 0.25) is 0 Å². The molecular formula is C11H7FN2O2. The van der Waals surface area contributed by atoms with Crippen LogP contribution in [-0.4, -0.2) is 16.1 Å². The first-order chi connectivity index (χ1) is 7.56. The van der Waals surface area contributed by atoms with Crippen LogP contribution < -0.4 is 0 Å². The van der Waals surface area contributed by atoms with Gasteiger partial charge in [-0.1, -0.05) is 6.07 Å². The molecule has 1 heterocycles. The number of aromatic amines is 1. The monoisotopic (exact) mass is 218 g/mol. The van der Waals surface area contributed by atoms with E-state index in [4.69, 9.17) is 10.4 Å². The van der Waals surface area contributed by atoms with Crippen molar-refractivity contribution in [3.63, 3.8) is 0 Å². The Balaban J connectivity index is 2.88. The number of aryl methyl sites for hydroxylation is 1. The van der Waals surface area contributed by atoms with Gasteiger partial charge in [-0.25, -0.2) is 9.18 Å². The summed E-state index contributed by atoms with van der Waals surface area (Å²) in [6.45, 7) is 1.59. The number of nitrogens with zero attached hydrogens (tertiary/aromatic N) is 1. The Kier molecular flexibility index (Phi) is 2.13. The van der Waals surface area contributed by atoms with Gasteiger partial charge in [0.25, 0.3) is 0 Å². The maximum Gasteiger partial charge on any atom is 0.352 e. The summed E-state index contributed by atoms with van der Waals surface area (Å²) in [5.41, 5.74) is 0.370. The van der Waals surface area contributed by atoms with Gasteiger partial charge in [0.15, 0.2) is 5.82 Å². The number of hydrogen-bond donors (Lipinski definition) is 2. The number of H-pyrrole nitrogens is 1. The highest BCUT2D eigenvalue weighted by Gasteiger charge is 2.17. The van der Waals surface area contributed by atoms with Crippen LogP contribution in [0, 0.1) is 24.1 Å². The Morgan fingerprint density at radius 3 is 2.81 bits per heavy atom. The summed E-state index contributed by atoms with van der Waals surface area (Å²) in [5, 5.41) is 18.0. The third kappa shape index (κ3) is 1.24. The van der Waals surface area contributed by atoms with Crippen molar-refractivity contribution in [3.05, 3.63) is 34.8 Å². The zero-order chi connectivity index (χ0) is 11.9. The van der Waals surface area contributed by atoms with Crippen LogP contribution in [0.3, 0.4) is 0 Å². The minimum absolute atomic E-state index is 0.0519. The zero-order valence-corrected chi connectivity index (χ0v) is 8.34. The highest BCUT2D eigenvalue weighted by Crippen LogP contribution is 2.25. The van der Waals surface area contributed by atoms with Crippen molar-refractivity contribution < 1.29 is 14.3 Å². The lowest BCUT2D eigenvalue weighted by atomic mass is 10.1. The van der Waals surface area contributed by atoms with Gasteiger partial charge < -0.3 is 10.1 Å². The Morgan fingerprint density at radius 1 is 1.56 bits per heavy atom. The molecule has 0 aliphatic heterocycles. The molecule has 2 aromatic rings. The number of nitriles is 1. The molecule has 0 fully saturated rings. The number of halogens is 1. The molecule has 5 heteroatoms. The molecule has 4 nitrogen and oxygen atoms in total. The SMILES string of the molecule is Cc1c(C(=O)O)[nH]c2c(F)c(C#N)ccc12. The zero-order valence-electron chi connectivity index (χ0n) is 8.34. The summed E-state index contributed by atoms with van der Waals surface area (Å²) in [6.07, 6.45) is 0. The maximum absolute atomic E-state index is 13.7. The van der Waals surface area contributed by atoms with Gasteiger partial charge in [-0.2, -0.15) is 5.26 Å². The molecule has 0 spiro atoms. The molecule has 80 valence electrons. The van der Waals surface area contributed by atoms with E-state index >= 15 is 0 Å². The molecule has 1 aromatic heterocycles. The lowest BCUT2D eigenvalue weighted by Gasteiger charge is -1.95. The number of nitrogens with one attached hydrogen (secondary N) is 1. The predicted molar refractivity (Wildman–Crippen MR) is 54.7 cm³/mol. The molecule has 2 N–H and O–H groups in total. The highest BCUT2D eigenvalue weighted by molar-refractivity contribution is 5.97. The average Bonchev–Trinajstić information content (AvgIpc) is 2.58. The molecule has 0 bridgehead atoms. The van der Waals surface area contributed by atoms with Gasteiger partial charge in [-0.05, 0) is 18.6 Å². The number of rotatable bonds is 1. The van der Waals surface area contributed by atoms with E-state index in [1.54, 1.807) is 13.0 Å². The van der Waals surface area contributed by atoms with Crippen molar-refractivity contribution in [2.75, 3.05) is 0 Å². The van der Waals surface area contributed by atoms with Crippen LogP contribution in [0.4, 0.5) is 4.39 Å². The fourth-order valence-electron chi connectivity index (χ4n) is 1.66. The Morgan fingerprint density at radius 2 is 2.25 bits per heavy atom. The number of aromatic carboxylic acids is 1. The number of fused-ring (bicyclic) bond motifs is 1. The van der Waals surface area contributed by atoms with Crippen LogP contribution in [0.25, 0.3) is 10.9 Å². The van der Waals surface area contributed by atoms with E-state index in [1.165, 1.54) is 12.1 Å². The number of carboxylic acid groups (broad SMARTS) is 1. The van der Waals surface area contributed by atoms with E-state index in [0.717, 1.165) is 0 Å². The van der Waals surface area contributed by atoms with Crippen LogP contribution >= 0.6 is 0 Å². The molecule has 0 atom stereocenters. The fraction of sp³-hybridized carbons (Fsp3) is 0.0909. The minimum Gasteiger partial charge on any atom is -0.477 e. The first kappa shape index (κ1) is 10.2. The fourth-order valence-corrected chi connectivity index (χ4v) is 1.66. The number of aromatic nitrogens is 1. The summed E-state index contributed by atoms with van der Waals surface area (Å²) in [6, 6.07) is 4.58. The van der Waals surface area contributed by atoms with Gasteiger partial charge in [-0.3, -0.25) is 0 Å². The Labute approximate surface area is 89.9 Å².